The number of nitrogens with one attached hydrogen (secondary N) is 2. The molecule has 3 saturated carbocycles. The number of pyridine rings is 1. The van der Waals surface area contributed by atoms with Crippen molar-refractivity contribution in [3.05, 3.63) is 50.6 Å². The molecule has 4 N–H and O–H groups in total. The lowest BCUT2D eigenvalue weighted by atomic mass is 9.45. The van der Waals surface area contributed by atoms with Crippen LogP contribution in [-0.2, 0) is 29.1 Å². The van der Waals surface area contributed by atoms with Crippen LogP contribution in [0.3, 0.4) is 0 Å². The fraction of sp³-hybridized carbons (Fsp3) is 0.542. The molecule has 0 radical (unpaired) electrons. The Bertz CT molecular complexity index is 1160. The van der Waals surface area contributed by atoms with Gasteiger partial charge < -0.3 is 16.4 Å². The van der Waals surface area contributed by atoms with Crippen molar-refractivity contribution in [2.24, 2.45) is 28.9 Å². The molecule has 0 spiro atoms. The Balaban J connectivity index is 1.36. The minimum Gasteiger partial charge on any atom is -0.380 e. The van der Waals surface area contributed by atoms with Crippen LogP contribution < -0.4 is 21.9 Å². The number of fused-ring (bicyclic) bond motifs is 2. The summed E-state index contributed by atoms with van der Waals surface area (Å²) < 4.78 is 1.52. The average Bonchev–Trinajstić information content (AvgIpc) is 2.78. The van der Waals surface area contributed by atoms with Gasteiger partial charge in [-0.2, -0.15) is 5.10 Å². The molecule has 2 amide bonds. The van der Waals surface area contributed by atoms with E-state index in [2.05, 4.69) is 57.4 Å². The van der Waals surface area contributed by atoms with Gasteiger partial charge in [0.2, 0.25) is 11.8 Å². The van der Waals surface area contributed by atoms with Gasteiger partial charge in [-0.05, 0) is 69.6 Å². The maximum Gasteiger partial charge on any atom is 0.283 e. The molecule has 4 atom stereocenters. The first kappa shape index (κ1) is 24.4. The Morgan fingerprint density at radius 3 is 2.76 bits per heavy atom. The molecule has 2 aromatic heterocycles. The van der Waals surface area contributed by atoms with E-state index >= 15 is 0 Å². The quantitative estimate of drug-likeness (QED) is 0.479. The summed E-state index contributed by atoms with van der Waals surface area (Å²) in [6.45, 7) is 7.04. The number of rotatable bonds is 8. The highest BCUT2D eigenvalue weighted by molar-refractivity contribution is 9.10. The zero-order chi connectivity index (χ0) is 24.6. The van der Waals surface area contributed by atoms with E-state index in [0.717, 1.165) is 16.7 Å². The van der Waals surface area contributed by atoms with E-state index in [9.17, 15) is 14.4 Å². The first-order chi connectivity index (χ1) is 16.1. The molecule has 34 heavy (non-hydrogen) atoms. The van der Waals surface area contributed by atoms with Gasteiger partial charge in [0.25, 0.3) is 5.56 Å². The smallest absolute Gasteiger partial charge is 0.283 e. The van der Waals surface area contributed by atoms with Crippen molar-refractivity contribution < 1.29 is 9.59 Å². The van der Waals surface area contributed by atoms with Crippen molar-refractivity contribution in [1.82, 2.24) is 20.1 Å². The second kappa shape index (κ2) is 9.48. The Morgan fingerprint density at radius 2 is 2.09 bits per heavy atom. The van der Waals surface area contributed by atoms with Crippen LogP contribution in [0.15, 0.2) is 33.8 Å². The number of amides is 2. The van der Waals surface area contributed by atoms with Crippen LogP contribution in [0.25, 0.3) is 0 Å². The Kier molecular flexibility index (Phi) is 6.80. The third-order valence-electron chi connectivity index (χ3n) is 7.70. The lowest BCUT2D eigenvalue weighted by Crippen LogP contribution is -2.58. The van der Waals surface area contributed by atoms with Crippen LogP contribution in [0.1, 0.15) is 44.9 Å². The first-order valence-electron chi connectivity index (χ1n) is 11.6. The minimum absolute atomic E-state index is 0.0359. The van der Waals surface area contributed by atoms with Gasteiger partial charge in [-0.25, -0.2) is 4.68 Å². The molecule has 3 fully saturated rings. The van der Waals surface area contributed by atoms with E-state index < -0.39 is 5.91 Å². The number of nitrogens with zero attached hydrogens (tertiary/aromatic N) is 3. The summed E-state index contributed by atoms with van der Waals surface area (Å²) in [7, 11) is 0. The molecule has 9 nitrogen and oxygen atoms in total. The number of primary amides is 1. The van der Waals surface area contributed by atoms with Crippen molar-refractivity contribution in [3.8, 4) is 0 Å². The molecule has 2 heterocycles. The van der Waals surface area contributed by atoms with Gasteiger partial charge in [0.1, 0.15) is 11.0 Å². The van der Waals surface area contributed by atoms with Crippen molar-refractivity contribution in [1.29, 1.82) is 0 Å². The number of carbonyl (C=O) groups excluding carboxylic acids is 2. The summed E-state index contributed by atoms with van der Waals surface area (Å²) in [4.78, 5) is 40.4. The number of carbonyl (C=O) groups is 2. The molecule has 2 aromatic rings. The predicted molar refractivity (Wildman–Crippen MR) is 132 cm³/mol. The van der Waals surface area contributed by atoms with E-state index in [1.165, 1.54) is 6.42 Å². The predicted octanol–water partition coefficient (Wildman–Crippen LogP) is 2.23. The second-order valence-electron chi connectivity index (χ2n) is 10.1. The highest BCUT2D eigenvalue weighted by Crippen LogP contribution is 2.61. The van der Waals surface area contributed by atoms with Crippen LogP contribution in [0.2, 0.25) is 0 Å². The Labute approximate surface area is 207 Å². The molecule has 3 aliphatic rings. The number of aromatic nitrogens is 3. The molecule has 0 saturated heterocycles. The summed E-state index contributed by atoms with van der Waals surface area (Å²) in [5, 5.41) is 10.5. The van der Waals surface area contributed by atoms with Crippen molar-refractivity contribution in [2.45, 2.75) is 59.2 Å². The Morgan fingerprint density at radius 1 is 1.32 bits per heavy atom. The zero-order valence-corrected chi connectivity index (χ0v) is 21.3. The molecule has 182 valence electrons. The van der Waals surface area contributed by atoms with Gasteiger partial charge in [-0.3, -0.25) is 19.4 Å². The topological polar surface area (TPSA) is 132 Å². The van der Waals surface area contributed by atoms with E-state index in [1.807, 2.05) is 0 Å². The molecule has 5 rings (SSSR count). The molecular formula is C24H31BrN6O3. The van der Waals surface area contributed by atoms with Crippen LogP contribution in [-0.4, -0.2) is 32.6 Å². The monoisotopic (exact) mass is 530 g/mol. The third kappa shape index (κ3) is 4.87. The van der Waals surface area contributed by atoms with E-state index in [4.69, 9.17) is 5.73 Å². The number of nitrogens with two attached hydrogens (primary N) is 1. The summed E-state index contributed by atoms with van der Waals surface area (Å²) in [5.74, 6) is 1.08. The number of hydrogen-bond acceptors (Lipinski definition) is 6. The fourth-order valence-corrected chi connectivity index (χ4v) is 5.95. The van der Waals surface area contributed by atoms with Crippen molar-refractivity contribution >= 4 is 33.4 Å². The molecule has 0 unspecified atom stereocenters. The summed E-state index contributed by atoms with van der Waals surface area (Å²) in [6.07, 6.45) is 5.57. The normalized spacial score (nSPS) is 24.7. The van der Waals surface area contributed by atoms with Gasteiger partial charge in [-0.1, -0.05) is 20.8 Å². The van der Waals surface area contributed by atoms with Gasteiger partial charge in [0.05, 0.1) is 18.3 Å². The lowest BCUT2D eigenvalue weighted by molar-refractivity contribution is -0.122. The summed E-state index contributed by atoms with van der Waals surface area (Å²) in [5.41, 5.74) is 7.22. The standard InChI is InChI=1S/C24H31BrN6O3/c1-13-17-7-15(24(17,2)3)8-18(13)30-19-11-29-31(23(34)22(19)25)12-21(33)28-10-14-4-5-27-16(6-14)9-20(26)32/h4-6,11,13,15,17-18,30H,7-10,12H2,1-3H3,(H2,26,32)(H,28,33)/t13-,15+,17-,18-/m1/s1. The maximum absolute atomic E-state index is 12.8. The minimum atomic E-state index is -0.471. The van der Waals surface area contributed by atoms with E-state index in [-0.39, 0.29) is 31.0 Å². The van der Waals surface area contributed by atoms with Crippen LogP contribution in [0, 0.1) is 23.2 Å². The van der Waals surface area contributed by atoms with Gasteiger partial charge in [-0.15, -0.1) is 0 Å². The van der Waals surface area contributed by atoms with Gasteiger partial charge >= 0.3 is 0 Å². The third-order valence-corrected chi connectivity index (χ3v) is 8.47. The highest BCUT2D eigenvalue weighted by Gasteiger charge is 2.56. The molecule has 0 aromatic carbocycles. The molecule has 3 aliphatic carbocycles. The van der Waals surface area contributed by atoms with Gasteiger partial charge in [0, 0.05) is 24.5 Å². The summed E-state index contributed by atoms with van der Waals surface area (Å²) in [6, 6.07) is 3.75. The lowest BCUT2D eigenvalue weighted by Gasteiger charge is -2.62. The zero-order valence-electron chi connectivity index (χ0n) is 19.7. The van der Waals surface area contributed by atoms with E-state index in [1.54, 1.807) is 24.5 Å². The number of halogens is 1. The summed E-state index contributed by atoms with van der Waals surface area (Å²) >= 11 is 3.41. The van der Waals surface area contributed by atoms with Crippen molar-refractivity contribution in [2.75, 3.05) is 5.32 Å². The maximum atomic E-state index is 12.8. The molecular weight excluding hydrogens is 500 g/mol. The van der Waals surface area contributed by atoms with E-state index in [0.29, 0.717) is 45.1 Å². The number of anilines is 1. The average molecular weight is 531 g/mol. The fourth-order valence-electron chi connectivity index (χ4n) is 5.52. The van der Waals surface area contributed by atoms with Crippen molar-refractivity contribution in [3.63, 3.8) is 0 Å². The number of hydrogen-bond donors (Lipinski definition) is 3. The second-order valence-corrected chi connectivity index (χ2v) is 10.9. The van der Waals surface area contributed by atoms with Crippen LogP contribution in [0.5, 0.6) is 0 Å². The molecule has 2 bridgehead atoms. The largest absolute Gasteiger partial charge is 0.380 e. The Hall–Kier alpha value is -2.75. The molecule has 0 aliphatic heterocycles. The molecule has 10 heteroatoms. The SMILES string of the molecule is C[C@@H]1[C@H]2C[C@@H](C[C@H]1Nc1cnn(CC(=O)NCc3ccnc(CC(N)=O)c3)c(=O)c1Br)C2(C)C. The van der Waals surface area contributed by atoms with Crippen LogP contribution >= 0.6 is 15.9 Å². The van der Waals surface area contributed by atoms with Gasteiger partial charge in [0.15, 0.2) is 0 Å². The first-order valence-corrected chi connectivity index (χ1v) is 12.4. The highest BCUT2D eigenvalue weighted by atomic mass is 79.9. The van der Waals surface area contributed by atoms with Crippen LogP contribution in [0.4, 0.5) is 5.69 Å².